The molecule has 18 heavy (non-hydrogen) atoms. The molecule has 0 atom stereocenters. The lowest BCUT2D eigenvalue weighted by molar-refractivity contribution is -0.140. The van der Waals surface area contributed by atoms with Crippen LogP contribution in [0.3, 0.4) is 0 Å². The number of benzene rings is 1. The lowest BCUT2D eigenvalue weighted by Crippen LogP contribution is -2.26. The Morgan fingerprint density at radius 3 is 2.61 bits per heavy atom. The van der Waals surface area contributed by atoms with Gasteiger partial charge in [-0.3, -0.25) is 4.79 Å². The summed E-state index contributed by atoms with van der Waals surface area (Å²) in [5, 5.41) is 0. The Kier molecular flexibility index (Phi) is 5.77. The number of hydrogen-bond acceptors (Lipinski definition) is 4. The summed E-state index contributed by atoms with van der Waals surface area (Å²) < 4.78 is 31.8. The van der Waals surface area contributed by atoms with Crippen LogP contribution in [0.1, 0.15) is 6.42 Å². The zero-order valence-electron chi connectivity index (χ0n) is 9.44. The number of hydrogen-bond donors (Lipinski definition) is 1. The predicted molar refractivity (Wildman–Crippen MR) is 73.7 cm³/mol. The highest BCUT2D eigenvalue weighted by atomic mass is 79.9. The van der Waals surface area contributed by atoms with Crippen molar-refractivity contribution in [1.29, 1.82) is 0 Å². The molecule has 1 N–H and O–H groups in total. The van der Waals surface area contributed by atoms with Crippen LogP contribution >= 0.6 is 31.9 Å². The molecule has 0 bridgehead atoms. The van der Waals surface area contributed by atoms with Crippen LogP contribution in [0.2, 0.25) is 0 Å². The van der Waals surface area contributed by atoms with Crippen molar-refractivity contribution in [1.82, 2.24) is 4.72 Å². The number of halogens is 2. The van der Waals surface area contributed by atoms with Gasteiger partial charge in [-0.15, -0.1) is 0 Å². The zero-order valence-corrected chi connectivity index (χ0v) is 13.4. The molecule has 5 nitrogen and oxygen atoms in total. The SMILES string of the molecule is COC(=O)CCNS(=O)(=O)c1ccc(Br)cc1Br. The molecule has 0 saturated carbocycles. The van der Waals surface area contributed by atoms with E-state index >= 15 is 0 Å². The summed E-state index contributed by atoms with van der Waals surface area (Å²) in [5.41, 5.74) is 0. The summed E-state index contributed by atoms with van der Waals surface area (Å²) in [7, 11) is -2.38. The normalized spacial score (nSPS) is 11.3. The summed E-state index contributed by atoms with van der Waals surface area (Å²) in [6.07, 6.45) is -0.0100. The predicted octanol–water partition coefficient (Wildman–Crippen LogP) is 2.05. The van der Waals surface area contributed by atoms with E-state index in [0.29, 0.717) is 4.47 Å². The van der Waals surface area contributed by atoms with E-state index < -0.39 is 16.0 Å². The minimum atomic E-state index is -3.64. The molecule has 0 heterocycles. The van der Waals surface area contributed by atoms with Crippen LogP contribution in [0.15, 0.2) is 32.0 Å². The first-order valence-electron chi connectivity index (χ1n) is 4.88. The van der Waals surface area contributed by atoms with Crippen LogP contribution in [-0.2, 0) is 19.6 Å². The maximum absolute atomic E-state index is 11.9. The maximum atomic E-state index is 11.9. The number of esters is 1. The van der Waals surface area contributed by atoms with E-state index in [1.54, 1.807) is 12.1 Å². The van der Waals surface area contributed by atoms with E-state index in [9.17, 15) is 13.2 Å². The van der Waals surface area contributed by atoms with Crippen LogP contribution in [-0.4, -0.2) is 28.0 Å². The van der Waals surface area contributed by atoms with Crippen molar-refractivity contribution in [3.63, 3.8) is 0 Å². The number of methoxy groups -OCH3 is 1. The van der Waals surface area contributed by atoms with Crippen LogP contribution in [0.4, 0.5) is 0 Å². The summed E-state index contributed by atoms with van der Waals surface area (Å²) >= 11 is 6.41. The fourth-order valence-electron chi connectivity index (χ4n) is 1.16. The van der Waals surface area contributed by atoms with E-state index in [-0.39, 0.29) is 17.9 Å². The van der Waals surface area contributed by atoms with E-state index in [4.69, 9.17) is 0 Å². The number of rotatable bonds is 5. The number of ether oxygens (including phenoxy) is 1. The highest BCUT2D eigenvalue weighted by Crippen LogP contribution is 2.25. The molecule has 0 fully saturated rings. The van der Waals surface area contributed by atoms with Crippen LogP contribution < -0.4 is 4.72 Å². The van der Waals surface area contributed by atoms with Gasteiger partial charge in [-0.25, -0.2) is 13.1 Å². The molecule has 0 saturated heterocycles. The smallest absolute Gasteiger partial charge is 0.306 e. The summed E-state index contributed by atoms with van der Waals surface area (Å²) in [4.78, 5) is 11.0. The van der Waals surface area contributed by atoms with Crippen LogP contribution in [0, 0.1) is 0 Å². The molecule has 100 valence electrons. The van der Waals surface area contributed by atoms with E-state index in [2.05, 4.69) is 41.3 Å². The van der Waals surface area contributed by atoms with Crippen molar-refractivity contribution in [2.24, 2.45) is 0 Å². The molecule has 0 aliphatic heterocycles. The molecule has 0 radical (unpaired) electrons. The zero-order chi connectivity index (χ0) is 13.8. The molecule has 1 aromatic rings. The summed E-state index contributed by atoms with van der Waals surface area (Å²) in [6.45, 7) is -0.00247. The standard InChI is InChI=1S/C10H11Br2NO4S/c1-17-10(14)4-5-13-18(15,16)9-3-2-7(11)6-8(9)12/h2-3,6,13H,4-5H2,1H3. The van der Waals surface area contributed by atoms with Gasteiger partial charge < -0.3 is 4.74 Å². The van der Waals surface area contributed by atoms with Crippen LogP contribution in [0.25, 0.3) is 0 Å². The second kappa shape index (κ2) is 6.65. The first kappa shape index (κ1) is 15.6. The molecule has 0 aliphatic carbocycles. The van der Waals surface area contributed by atoms with Gasteiger partial charge in [-0.2, -0.15) is 0 Å². The van der Waals surface area contributed by atoms with E-state index in [1.165, 1.54) is 13.2 Å². The number of carbonyl (C=O) groups is 1. The first-order chi connectivity index (χ1) is 8.36. The van der Waals surface area contributed by atoms with Gasteiger partial charge in [-0.05, 0) is 34.1 Å². The highest BCUT2D eigenvalue weighted by Gasteiger charge is 2.17. The number of carbonyl (C=O) groups excluding carboxylic acids is 1. The Bertz CT molecular complexity index is 545. The molecule has 0 unspecified atom stereocenters. The van der Waals surface area contributed by atoms with Gasteiger partial charge in [0.25, 0.3) is 0 Å². The molecule has 0 spiro atoms. The van der Waals surface area contributed by atoms with Gasteiger partial charge in [0, 0.05) is 15.5 Å². The topological polar surface area (TPSA) is 72.5 Å². The van der Waals surface area contributed by atoms with E-state index in [1.807, 2.05) is 0 Å². The molecule has 0 amide bonds. The minimum Gasteiger partial charge on any atom is -0.469 e. The van der Waals surface area contributed by atoms with Crippen molar-refractivity contribution in [3.8, 4) is 0 Å². The second-order valence-corrected chi connectivity index (χ2v) is 6.80. The fraction of sp³-hybridized carbons (Fsp3) is 0.300. The Hall–Kier alpha value is -0.440. The Labute approximate surface area is 122 Å². The molecular weight excluding hydrogens is 390 g/mol. The second-order valence-electron chi connectivity index (χ2n) is 3.30. The third-order valence-corrected chi connectivity index (χ3v) is 4.96. The van der Waals surface area contributed by atoms with Crippen molar-refractivity contribution in [2.75, 3.05) is 13.7 Å². The molecular formula is C10H11Br2NO4S. The van der Waals surface area contributed by atoms with Crippen LogP contribution in [0.5, 0.6) is 0 Å². The Morgan fingerprint density at radius 1 is 1.39 bits per heavy atom. The van der Waals surface area contributed by atoms with Gasteiger partial charge in [0.1, 0.15) is 0 Å². The summed E-state index contributed by atoms with van der Waals surface area (Å²) in [6, 6.07) is 4.73. The van der Waals surface area contributed by atoms with Gasteiger partial charge in [0.05, 0.1) is 18.4 Å². The van der Waals surface area contributed by atoms with Crippen molar-refractivity contribution < 1.29 is 17.9 Å². The van der Waals surface area contributed by atoms with Gasteiger partial charge in [-0.1, -0.05) is 15.9 Å². The van der Waals surface area contributed by atoms with Crippen molar-refractivity contribution >= 4 is 47.9 Å². The van der Waals surface area contributed by atoms with E-state index in [0.717, 1.165) is 4.47 Å². The third kappa shape index (κ3) is 4.34. The largest absolute Gasteiger partial charge is 0.469 e. The minimum absolute atomic E-state index is 0.00247. The quantitative estimate of drug-likeness (QED) is 0.767. The first-order valence-corrected chi connectivity index (χ1v) is 7.95. The lowest BCUT2D eigenvalue weighted by atomic mass is 10.4. The summed E-state index contributed by atoms with van der Waals surface area (Å²) in [5.74, 6) is -0.465. The van der Waals surface area contributed by atoms with Gasteiger partial charge >= 0.3 is 5.97 Å². The number of nitrogens with one attached hydrogen (secondary N) is 1. The van der Waals surface area contributed by atoms with Gasteiger partial charge in [0.2, 0.25) is 10.0 Å². The average Bonchev–Trinajstić information content (AvgIpc) is 2.27. The lowest BCUT2D eigenvalue weighted by Gasteiger charge is -2.08. The number of sulfonamides is 1. The highest BCUT2D eigenvalue weighted by molar-refractivity contribution is 9.11. The maximum Gasteiger partial charge on any atom is 0.306 e. The van der Waals surface area contributed by atoms with Crippen molar-refractivity contribution in [3.05, 3.63) is 27.1 Å². The fourth-order valence-corrected chi connectivity index (χ4v) is 3.94. The molecule has 8 heteroatoms. The Morgan fingerprint density at radius 2 is 2.06 bits per heavy atom. The third-order valence-electron chi connectivity index (χ3n) is 2.03. The van der Waals surface area contributed by atoms with Crippen molar-refractivity contribution in [2.45, 2.75) is 11.3 Å². The molecule has 0 aliphatic rings. The van der Waals surface area contributed by atoms with Gasteiger partial charge in [0.15, 0.2) is 0 Å². The molecule has 0 aromatic heterocycles. The monoisotopic (exact) mass is 399 g/mol. The molecule has 1 aromatic carbocycles. The average molecular weight is 401 g/mol. The Balaban J connectivity index is 2.77. The molecule has 1 rings (SSSR count).